The average molecular weight is 243 g/mol. The Morgan fingerprint density at radius 2 is 1.82 bits per heavy atom. The standard InChI is InChI=1S/C11H17NO5/c1-6(13)12-8-7(16-10(12,2)3)11(4,17-8)9(14)15-5/h7-8H,1-5H3/t7-,8-,11-/m1/s1. The second-order valence-electron chi connectivity index (χ2n) is 4.98. The number of rotatable bonds is 1. The highest BCUT2D eigenvalue weighted by atomic mass is 16.7. The smallest absolute Gasteiger partial charge is 0.340 e. The average Bonchev–Trinajstić information content (AvgIpc) is 2.45. The first-order valence-electron chi connectivity index (χ1n) is 5.48. The van der Waals surface area contributed by atoms with Crippen molar-refractivity contribution in [1.82, 2.24) is 4.90 Å². The van der Waals surface area contributed by atoms with E-state index in [1.165, 1.54) is 18.9 Å². The van der Waals surface area contributed by atoms with Crippen molar-refractivity contribution in [2.24, 2.45) is 0 Å². The molecule has 17 heavy (non-hydrogen) atoms. The lowest BCUT2D eigenvalue weighted by Gasteiger charge is -2.47. The van der Waals surface area contributed by atoms with Gasteiger partial charge in [-0.2, -0.15) is 0 Å². The minimum Gasteiger partial charge on any atom is -0.467 e. The lowest BCUT2D eigenvalue weighted by atomic mass is 9.91. The number of carbonyl (C=O) groups excluding carboxylic acids is 2. The van der Waals surface area contributed by atoms with Gasteiger partial charge >= 0.3 is 5.97 Å². The Bertz CT molecular complexity index is 380. The summed E-state index contributed by atoms with van der Waals surface area (Å²) in [6, 6.07) is 0. The van der Waals surface area contributed by atoms with Crippen molar-refractivity contribution in [2.75, 3.05) is 7.11 Å². The molecule has 0 unspecified atom stereocenters. The molecule has 3 atom stereocenters. The number of nitrogens with zero attached hydrogens (tertiary/aromatic N) is 1. The first-order chi connectivity index (χ1) is 7.74. The van der Waals surface area contributed by atoms with E-state index in [2.05, 4.69) is 4.74 Å². The molecule has 6 heteroatoms. The summed E-state index contributed by atoms with van der Waals surface area (Å²) in [7, 11) is 1.30. The SMILES string of the molecule is COC(=O)[C@]1(C)O[C@@H]2[C@H]1OC(C)(C)N2C(C)=O. The molecule has 2 rings (SSSR count). The summed E-state index contributed by atoms with van der Waals surface area (Å²) in [5.74, 6) is -0.630. The van der Waals surface area contributed by atoms with E-state index in [-0.39, 0.29) is 5.91 Å². The van der Waals surface area contributed by atoms with E-state index in [0.29, 0.717) is 0 Å². The molecule has 0 radical (unpaired) electrons. The number of fused-ring (bicyclic) bond motifs is 1. The van der Waals surface area contributed by atoms with E-state index in [0.717, 1.165) is 0 Å². The molecule has 0 aromatic heterocycles. The molecule has 0 aromatic carbocycles. The van der Waals surface area contributed by atoms with Crippen LogP contribution >= 0.6 is 0 Å². The molecule has 0 aliphatic carbocycles. The summed E-state index contributed by atoms with van der Waals surface area (Å²) < 4.78 is 15.9. The highest BCUT2D eigenvalue weighted by Crippen LogP contribution is 2.47. The molecule has 6 nitrogen and oxygen atoms in total. The molecule has 2 aliphatic rings. The van der Waals surface area contributed by atoms with E-state index in [9.17, 15) is 9.59 Å². The predicted molar refractivity (Wildman–Crippen MR) is 56.8 cm³/mol. The number of hydrogen-bond donors (Lipinski definition) is 0. The molecule has 0 aromatic rings. The Labute approximate surface area is 99.8 Å². The third-order valence-electron chi connectivity index (χ3n) is 3.35. The van der Waals surface area contributed by atoms with Crippen molar-refractivity contribution in [2.45, 2.75) is 51.4 Å². The maximum absolute atomic E-state index is 11.6. The van der Waals surface area contributed by atoms with Gasteiger partial charge in [0.05, 0.1) is 7.11 Å². The molecular weight excluding hydrogens is 226 g/mol. The van der Waals surface area contributed by atoms with Crippen LogP contribution < -0.4 is 0 Å². The molecule has 2 aliphatic heterocycles. The van der Waals surface area contributed by atoms with E-state index in [1.54, 1.807) is 20.8 Å². The molecule has 2 saturated heterocycles. The molecule has 0 bridgehead atoms. The number of ether oxygens (including phenoxy) is 3. The van der Waals surface area contributed by atoms with E-state index in [4.69, 9.17) is 9.47 Å². The molecule has 0 N–H and O–H groups in total. The summed E-state index contributed by atoms with van der Waals surface area (Å²) in [4.78, 5) is 24.7. The van der Waals surface area contributed by atoms with Crippen LogP contribution in [0.25, 0.3) is 0 Å². The Kier molecular flexibility index (Phi) is 2.48. The van der Waals surface area contributed by atoms with E-state index in [1.807, 2.05) is 0 Å². The minimum atomic E-state index is -1.12. The van der Waals surface area contributed by atoms with Crippen molar-refractivity contribution < 1.29 is 23.8 Å². The zero-order chi connectivity index (χ0) is 13.0. The van der Waals surface area contributed by atoms with Gasteiger partial charge in [-0.3, -0.25) is 9.69 Å². The van der Waals surface area contributed by atoms with Crippen LogP contribution in [0.4, 0.5) is 0 Å². The van der Waals surface area contributed by atoms with Crippen LogP contribution in [-0.2, 0) is 23.8 Å². The third-order valence-corrected chi connectivity index (χ3v) is 3.35. The summed E-state index contributed by atoms with van der Waals surface area (Å²) >= 11 is 0. The van der Waals surface area contributed by atoms with Gasteiger partial charge in [0.15, 0.2) is 11.8 Å². The highest BCUT2D eigenvalue weighted by Gasteiger charge is 2.69. The van der Waals surface area contributed by atoms with Crippen LogP contribution in [0.2, 0.25) is 0 Å². The van der Waals surface area contributed by atoms with Gasteiger partial charge in [-0.1, -0.05) is 0 Å². The van der Waals surface area contributed by atoms with Crippen molar-refractivity contribution in [3.8, 4) is 0 Å². The van der Waals surface area contributed by atoms with E-state index < -0.39 is 29.6 Å². The number of hydrogen-bond acceptors (Lipinski definition) is 5. The van der Waals surface area contributed by atoms with Gasteiger partial charge < -0.3 is 14.2 Å². The van der Waals surface area contributed by atoms with Crippen molar-refractivity contribution in [3.63, 3.8) is 0 Å². The summed E-state index contributed by atoms with van der Waals surface area (Å²) in [5.41, 5.74) is -1.90. The zero-order valence-electron chi connectivity index (χ0n) is 10.6. The van der Waals surface area contributed by atoms with Gasteiger partial charge in [0, 0.05) is 6.92 Å². The summed E-state index contributed by atoms with van der Waals surface area (Å²) in [6.07, 6.45) is -0.986. The molecule has 2 heterocycles. The molecule has 0 saturated carbocycles. The maximum Gasteiger partial charge on any atom is 0.340 e. The lowest BCUT2D eigenvalue weighted by Crippen LogP contribution is -2.69. The second-order valence-corrected chi connectivity index (χ2v) is 4.98. The number of carbonyl (C=O) groups is 2. The largest absolute Gasteiger partial charge is 0.467 e. The first kappa shape index (κ1) is 12.3. The minimum absolute atomic E-state index is 0.144. The molecule has 96 valence electrons. The Morgan fingerprint density at radius 3 is 2.29 bits per heavy atom. The lowest BCUT2D eigenvalue weighted by molar-refractivity contribution is -0.279. The van der Waals surface area contributed by atoms with E-state index >= 15 is 0 Å². The summed E-state index contributed by atoms with van der Waals surface area (Å²) in [6.45, 7) is 6.60. The maximum atomic E-state index is 11.6. The number of amides is 1. The van der Waals surface area contributed by atoms with Crippen LogP contribution in [0.3, 0.4) is 0 Å². The fourth-order valence-electron chi connectivity index (χ4n) is 2.54. The Morgan fingerprint density at radius 1 is 1.24 bits per heavy atom. The van der Waals surface area contributed by atoms with Crippen molar-refractivity contribution >= 4 is 11.9 Å². The second kappa shape index (κ2) is 3.43. The molecule has 0 spiro atoms. The number of esters is 1. The monoisotopic (exact) mass is 243 g/mol. The summed E-state index contributed by atoms with van der Waals surface area (Å²) in [5, 5.41) is 0. The zero-order valence-corrected chi connectivity index (χ0v) is 10.6. The van der Waals surface area contributed by atoms with Crippen molar-refractivity contribution in [3.05, 3.63) is 0 Å². The normalized spacial score (nSPS) is 38.3. The Balaban J connectivity index is 2.25. The molecular formula is C11H17NO5. The Hall–Kier alpha value is -1.14. The van der Waals surface area contributed by atoms with Gasteiger partial charge in [-0.25, -0.2) is 4.79 Å². The quantitative estimate of drug-likeness (QED) is 0.618. The molecule has 1 amide bonds. The van der Waals surface area contributed by atoms with Crippen LogP contribution in [0.1, 0.15) is 27.7 Å². The van der Waals surface area contributed by atoms with Crippen LogP contribution in [0.5, 0.6) is 0 Å². The van der Waals surface area contributed by atoms with Gasteiger partial charge in [0.2, 0.25) is 5.91 Å². The van der Waals surface area contributed by atoms with Crippen molar-refractivity contribution in [1.29, 1.82) is 0 Å². The fraction of sp³-hybridized carbons (Fsp3) is 0.818. The third kappa shape index (κ3) is 1.47. The first-order valence-corrected chi connectivity index (χ1v) is 5.48. The van der Waals surface area contributed by atoms with Gasteiger partial charge in [-0.15, -0.1) is 0 Å². The molecule has 2 fully saturated rings. The predicted octanol–water partition coefficient (Wildman–Crippen LogP) is 0.258. The topological polar surface area (TPSA) is 65.1 Å². The fourth-order valence-corrected chi connectivity index (χ4v) is 2.54. The van der Waals surface area contributed by atoms with Crippen LogP contribution in [-0.4, -0.2) is 47.5 Å². The van der Waals surface area contributed by atoms with Gasteiger partial charge in [-0.05, 0) is 20.8 Å². The van der Waals surface area contributed by atoms with Crippen LogP contribution in [0.15, 0.2) is 0 Å². The highest BCUT2D eigenvalue weighted by molar-refractivity contribution is 5.82. The van der Waals surface area contributed by atoms with Gasteiger partial charge in [0.25, 0.3) is 0 Å². The number of methoxy groups -OCH3 is 1. The van der Waals surface area contributed by atoms with Crippen LogP contribution in [0, 0.1) is 0 Å². The van der Waals surface area contributed by atoms with Gasteiger partial charge in [0.1, 0.15) is 11.8 Å².